The molecule has 3 aromatic rings. The van der Waals surface area contributed by atoms with Gasteiger partial charge in [-0.2, -0.15) is 0 Å². The van der Waals surface area contributed by atoms with E-state index in [-0.39, 0.29) is 11.7 Å². The molecule has 0 aliphatic rings. The molecule has 7 nitrogen and oxygen atoms in total. The van der Waals surface area contributed by atoms with Gasteiger partial charge in [0, 0.05) is 17.9 Å². The Morgan fingerprint density at radius 3 is 2.54 bits per heavy atom. The van der Waals surface area contributed by atoms with Crippen LogP contribution in [0.1, 0.15) is 30.3 Å². The van der Waals surface area contributed by atoms with Gasteiger partial charge in [-0.15, -0.1) is 0 Å². The van der Waals surface area contributed by atoms with E-state index in [2.05, 4.69) is 10.6 Å². The summed E-state index contributed by atoms with van der Waals surface area (Å²) in [6.07, 6.45) is 1.05. The van der Waals surface area contributed by atoms with Crippen molar-refractivity contribution in [2.75, 3.05) is 24.9 Å². The topological polar surface area (TPSA) is 89.8 Å². The van der Waals surface area contributed by atoms with Crippen LogP contribution in [0.3, 0.4) is 0 Å². The lowest BCUT2D eigenvalue weighted by Crippen LogP contribution is -2.17. The van der Waals surface area contributed by atoms with Crippen molar-refractivity contribution < 1.29 is 23.5 Å². The van der Waals surface area contributed by atoms with Crippen LogP contribution < -0.4 is 20.1 Å². The van der Waals surface area contributed by atoms with Crippen molar-refractivity contribution in [1.29, 1.82) is 0 Å². The molecule has 0 fully saturated rings. The van der Waals surface area contributed by atoms with Gasteiger partial charge in [-0.3, -0.25) is 9.59 Å². The first-order chi connectivity index (χ1) is 13.6. The first-order valence-electron chi connectivity index (χ1n) is 8.92. The van der Waals surface area contributed by atoms with Crippen LogP contribution in [-0.2, 0) is 4.79 Å². The lowest BCUT2D eigenvalue weighted by Gasteiger charge is -2.11. The summed E-state index contributed by atoms with van der Waals surface area (Å²) < 4.78 is 16.2. The van der Waals surface area contributed by atoms with Crippen molar-refractivity contribution >= 4 is 34.2 Å². The molecule has 2 aromatic carbocycles. The van der Waals surface area contributed by atoms with Crippen molar-refractivity contribution in [3.8, 4) is 11.5 Å². The summed E-state index contributed by atoms with van der Waals surface area (Å²) in [5.41, 5.74) is 1.33. The van der Waals surface area contributed by atoms with Crippen LogP contribution >= 0.6 is 0 Å². The smallest absolute Gasteiger partial charge is 0.293 e. The monoisotopic (exact) mass is 382 g/mol. The second-order valence-corrected chi connectivity index (χ2v) is 6.12. The number of anilines is 2. The van der Waals surface area contributed by atoms with Crippen molar-refractivity contribution in [1.82, 2.24) is 0 Å². The Hall–Kier alpha value is -3.48. The maximum Gasteiger partial charge on any atom is 0.293 e. The van der Waals surface area contributed by atoms with Crippen LogP contribution in [0.5, 0.6) is 11.5 Å². The molecule has 2 amide bonds. The molecule has 0 radical (unpaired) electrons. The summed E-state index contributed by atoms with van der Waals surface area (Å²) in [6, 6.07) is 12.2. The highest BCUT2D eigenvalue weighted by atomic mass is 16.5. The van der Waals surface area contributed by atoms with Crippen LogP contribution in [0.15, 0.2) is 46.9 Å². The molecule has 1 aromatic heterocycles. The van der Waals surface area contributed by atoms with E-state index in [1.54, 1.807) is 43.5 Å². The molecule has 0 aliphatic carbocycles. The van der Waals surface area contributed by atoms with E-state index in [0.29, 0.717) is 46.7 Å². The van der Waals surface area contributed by atoms with Gasteiger partial charge >= 0.3 is 0 Å². The van der Waals surface area contributed by atoms with Gasteiger partial charge in [0.1, 0.15) is 22.8 Å². The number of methoxy groups -OCH3 is 2. The highest BCUT2D eigenvalue weighted by Gasteiger charge is 2.23. The number of benzene rings is 2. The highest BCUT2D eigenvalue weighted by molar-refractivity contribution is 6.14. The minimum atomic E-state index is -0.494. The SMILES string of the molecule is CCCC(=O)Nc1c(C(=O)Nc2ccc(OC)cc2OC)oc2ccccc12. The number of para-hydroxylation sites is 1. The van der Waals surface area contributed by atoms with Gasteiger partial charge in [0.15, 0.2) is 0 Å². The molecule has 28 heavy (non-hydrogen) atoms. The average Bonchev–Trinajstić information content (AvgIpc) is 3.07. The predicted octanol–water partition coefficient (Wildman–Crippen LogP) is 4.44. The van der Waals surface area contributed by atoms with Gasteiger partial charge in [-0.25, -0.2) is 0 Å². The zero-order chi connectivity index (χ0) is 20.1. The van der Waals surface area contributed by atoms with Crippen molar-refractivity contribution in [3.63, 3.8) is 0 Å². The standard InChI is InChI=1S/C21H22N2O5/c1-4-7-18(24)23-19-14-8-5-6-9-16(14)28-20(19)21(25)22-15-11-10-13(26-2)12-17(15)27-3/h5-6,8-12H,4,7H2,1-3H3,(H,22,25)(H,23,24). The molecule has 0 unspecified atom stereocenters. The average molecular weight is 382 g/mol. The number of hydrogen-bond donors (Lipinski definition) is 2. The second kappa shape index (κ2) is 8.47. The first kappa shape index (κ1) is 19.3. The zero-order valence-corrected chi connectivity index (χ0v) is 16.0. The summed E-state index contributed by atoms with van der Waals surface area (Å²) in [4.78, 5) is 25.1. The fourth-order valence-corrected chi connectivity index (χ4v) is 2.84. The minimum absolute atomic E-state index is 0.0310. The molecule has 0 aliphatic heterocycles. The number of hydrogen-bond acceptors (Lipinski definition) is 5. The summed E-state index contributed by atoms with van der Waals surface area (Å²) in [5.74, 6) is 0.409. The molecule has 3 rings (SSSR count). The van der Waals surface area contributed by atoms with Crippen LogP contribution in [-0.4, -0.2) is 26.0 Å². The van der Waals surface area contributed by atoms with E-state index in [0.717, 1.165) is 0 Å². The van der Waals surface area contributed by atoms with Crippen LogP contribution in [0.4, 0.5) is 11.4 Å². The Balaban J connectivity index is 1.96. The van der Waals surface area contributed by atoms with E-state index >= 15 is 0 Å². The molecule has 0 spiro atoms. The number of nitrogens with one attached hydrogen (secondary N) is 2. The zero-order valence-electron chi connectivity index (χ0n) is 16.0. The number of fused-ring (bicyclic) bond motifs is 1. The van der Waals surface area contributed by atoms with E-state index in [9.17, 15) is 9.59 Å². The number of carbonyl (C=O) groups is 2. The van der Waals surface area contributed by atoms with Crippen LogP contribution in [0.25, 0.3) is 11.0 Å². The van der Waals surface area contributed by atoms with Crippen LogP contribution in [0, 0.1) is 0 Å². The Kier molecular flexibility index (Phi) is 5.84. The number of amides is 2. The lowest BCUT2D eigenvalue weighted by atomic mass is 10.2. The first-order valence-corrected chi connectivity index (χ1v) is 8.92. The molecule has 0 bridgehead atoms. The number of ether oxygens (including phenoxy) is 2. The maximum absolute atomic E-state index is 12.9. The summed E-state index contributed by atoms with van der Waals surface area (Å²) in [5, 5.41) is 6.24. The molecular formula is C21H22N2O5. The van der Waals surface area contributed by atoms with Gasteiger partial charge in [-0.1, -0.05) is 19.1 Å². The normalized spacial score (nSPS) is 10.5. The number of rotatable bonds is 7. The fraction of sp³-hybridized carbons (Fsp3) is 0.238. The summed E-state index contributed by atoms with van der Waals surface area (Å²) in [6.45, 7) is 1.91. The summed E-state index contributed by atoms with van der Waals surface area (Å²) >= 11 is 0. The molecular weight excluding hydrogens is 360 g/mol. The second-order valence-electron chi connectivity index (χ2n) is 6.12. The third kappa shape index (κ3) is 3.93. The third-order valence-corrected chi connectivity index (χ3v) is 4.20. The lowest BCUT2D eigenvalue weighted by molar-refractivity contribution is -0.116. The molecule has 7 heteroatoms. The minimum Gasteiger partial charge on any atom is -0.497 e. The molecule has 0 saturated heterocycles. The van der Waals surface area contributed by atoms with Gasteiger partial charge in [0.2, 0.25) is 11.7 Å². The van der Waals surface area contributed by atoms with Crippen molar-refractivity contribution in [3.05, 3.63) is 48.2 Å². The Labute approximate surface area is 162 Å². The fourth-order valence-electron chi connectivity index (χ4n) is 2.84. The predicted molar refractivity (Wildman–Crippen MR) is 107 cm³/mol. The molecule has 0 saturated carbocycles. The Morgan fingerprint density at radius 1 is 1.04 bits per heavy atom. The third-order valence-electron chi connectivity index (χ3n) is 4.20. The quantitative estimate of drug-likeness (QED) is 0.630. The number of furan rings is 1. The molecule has 2 N–H and O–H groups in total. The van der Waals surface area contributed by atoms with E-state index in [1.165, 1.54) is 7.11 Å². The van der Waals surface area contributed by atoms with Gasteiger partial charge < -0.3 is 24.5 Å². The molecule has 0 atom stereocenters. The summed E-state index contributed by atoms with van der Waals surface area (Å²) in [7, 11) is 3.05. The molecule has 146 valence electrons. The van der Waals surface area contributed by atoms with Gasteiger partial charge in [0.05, 0.1) is 19.9 Å². The van der Waals surface area contributed by atoms with E-state index < -0.39 is 5.91 Å². The van der Waals surface area contributed by atoms with Crippen molar-refractivity contribution in [2.24, 2.45) is 0 Å². The van der Waals surface area contributed by atoms with E-state index in [4.69, 9.17) is 13.9 Å². The van der Waals surface area contributed by atoms with Gasteiger partial charge in [0.25, 0.3) is 5.91 Å². The maximum atomic E-state index is 12.9. The van der Waals surface area contributed by atoms with E-state index in [1.807, 2.05) is 13.0 Å². The largest absolute Gasteiger partial charge is 0.497 e. The Bertz CT molecular complexity index is 1010. The molecule has 1 heterocycles. The van der Waals surface area contributed by atoms with Gasteiger partial charge in [-0.05, 0) is 30.7 Å². The highest BCUT2D eigenvalue weighted by Crippen LogP contribution is 2.33. The van der Waals surface area contributed by atoms with Crippen molar-refractivity contribution in [2.45, 2.75) is 19.8 Å². The van der Waals surface area contributed by atoms with Crippen LogP contribution in [0.2, 0.25) is 0 Å². The number of carbonyl (C=O) groups excluding carboxylic acids is 2. The Morgan fingerprint density at radius 2 is 1.82 bits per heavy atom.